The molecule has 0 aliphatic heterocycles. The molecule has 0 unspecified atom stereocenters. The van der Waals surface area contributed by atoms with Gasteiger partial charge in [-0.1, -0.05) is 19.3 Å². The summed E-state index contributed by atoms with van der Waals surface area (Å²) in [5.41, 5.74) is 0.221. The monoisotopic (exact) mass is 314 g/mol. The van der Waals surface area contributed by atoms with E-state index in [-0.39, 0.29) is 35.2 Å². The zero-order chi connectivity index (χ0) is 16.2. The second-order valence-corrected chi connectivity index (χ2v) is 5.47. The maximum absolute atomic E-state index is 12.0. The molecule has 22 heavy (non-hydrogen) atoms. The van der Waals surface area contributed by atoms with E-state index in [1.165, 1.54) is 12.1 Å². The molecule has 0 bridgehead atoms. The van der Waals surface area contributed by atoms with Gasteiger partial charge in [-0.15, -0.1) is 13.2 Å². The number of carbonyl (C=O) groups excluding carboxylic acids is 2. The van der Waals surface area contributed by atoms with E-state index in [4.69, 9.17) is 0 Å². The summed E-state index contributed by atoms with van der Waals surface area (Å²) < 4.78 is 39.9. The SMILES string of the molecule is O=C(CC(=O)C1CCCCC1)c1ccc(OC(F)(F)F)cc1. The van der Waals surface area contributed by atoms with Crippen LogP contribution >= 0.6 is 0 Å². The maximum atomic E-state index is 12.0. The van der Waals surface area contributed by atoms with Crippen LogP contribution in [0.3, 0.4) is 0 Å². The minimum Gasteiger partial charge on any atom is -0.406 e. The molecule has 1 saturated carbocycles. The molecule has 3 nitrogen and oxygen atoms in total. The predicted octanol–water partition coefficient (Wildman–Crippen LogP) is 4.31. The van der Waals surface area contributed by atoms with Crippen LogP contribution in [0, 0.1) is 5.92 Å². The summed E-state index contributed by atoms with van der Waals surface area (Å²) >= 11 is 0. The van der Waals surface area contributed by atoms with Crippen LogP contribution in [0.25, 0.3) is 0 Å². The van der Waals surface area contributed by atoms with Gasteiger partial charge in [0, 0.05) is 11.5 Å². The first-order chi connectivity index (χ1) is 10.3. The van der Waals surface area contributed by atoms with Crippen LogP contribution in [0.2, 0.25) is 0 Å². The van der Waals surface area contributed by atoms with Crippen molar-refractivity contribution in [3.8, 4) is 5.75 Å². The third kappa shape index (κ3) is 4.86. The van der Waals surface area contributed by atoms with Gasteiger partial charge in [0.15, 0.2) is 5.78 Å². The van der Waals surface area contributed by atoms with Crippen molar-refractivity contribution < 1.29 is 27.5 Å². The van der Waals surface area contributed by atoms with E-state index >= 15 is 0 Å². The Morgan fingerprint density at radius 1 is 1.05 bits per heavy atom. The highest BCUT2D eigenvalue weighted by atomic mass is 19.4. The second-order valence-electron chi connectivity index (χ2n) is 5.47. The summed E-state index contributed by atoms with van der Waals surface area (Å²) in [7, 11) is 0. The van der Waals surface area contributed by atoms with Gasteiger partial charge in [-0.2, -0.15) is 0 Å². The molecular formula is C16H17F3O3. The van der Waals surface area contributed by atoms with Crippen LogP contribution in [0.1, 0.15) is 48.9 Å². The molecule has 0 heterocycles. The number of benzene rings is 1. The van der Waals surface area contributed by atoms with Crippen molar-refractivity contribution in [1.82, 2.24) is 0 Å². The van der Waals surface area contributed by atoms with E-state index in [1.807, 2.05) is 0 Å². The third-order valence-corrected chi connectivity index (χ3v) is 3.81. The molecule has 0 spiro atoms. The van der Waals surface area contributed by atoms with E-state index in [2.05, 4.69) is 4.74 Å². The highest BCUT2D eigenvalue weighted by Crippen LogP contribution is 2.26. The molecule has 0 radical (unpaired) electrons. The van der Waals surface area contributed by atoms with E-state index in [1.54, 1.807) is 0 Å². The van der Waals surface area contributed by atoms with Crippen molar-refractivity contribution in [2.24, 2.45) is 5.92 Å². The van der Waals surface area contributed by atoms with Crippen molar-refractivity contribution in [3.05, 3.63) is 29.8 Å². The van der Waals surface area contributed by atoms with Crippen molar-refractivity contribution in [2.45, 2.75) is 44.9 Å². The lowest BCUT2D eigenvalue weighted by Gasteiger charge is -2.19. The summed E-state index contributed by atoms with van der Waals surface area (Å²) in [6, 6.07) is 4.65. The van der Waals surface area contributed by atoms with Gasteiger partial charge in [-0.05, 0) is 37.1 Å². The summed E-state index contributed by atoms with van der Waals surface area (Å²) in [6.45, 7) is 0. The lowest BCUT2D eigenvalue weighted by atomic mass is 9.84. The van der Waals surface area contributed by atoms with Crippen LogP contribution in [-0.2, 0) is 4.79 Å². The van der Waals surface area contributed by atoms with Gasteiger partial charge in [0.05, 0.1) is 6.42 Å². The number of alkyl halides is 3. The van der Waals surface area contributed by atoms with Crippen molar-refractivity contribution in [3.63, 3.8) is 0 Å². The third-order valence-electron chi connectivity index (χ3n) is 3.81. The fourth-order valence-corrected chi connectivity index (χ4v) is 2.67. The largest absolute Gasteiger partial charge is 0.573 e. The molecule has 6 heteroatoms. The Labute approximate surface area is 126 Å². The number of halogens is 3. The number of hydrogen-bond acceptors (Lipinski definition) is 3. The fraction of sp³-hybridized carbons (Fsp3) is 0.500. The molecule has 1 aromatic rings. The van der Waals surface area contributed by atoms with Crippen molar-refractivity contribution in [1.29, 1.82) is 0 Å². The molecule has 1 aromatic carbocycles. The standard InChI is InChI=1S/C16H17F3O3/c17-16(18,19)22-13-8-6-12(7-9-13)15(21)10-14(20)11-4-2-1-3-5-11/h6-9,11H,1-5,10H2. The molecule has 0 amide bonds. The van der Waals surface area contributed by atoms with E-state index < -0.39 is 6.36 Å². The first-order valence-corrected chi connectivity index (χ1v) is 7.27. The topological polar surface area (TPSA) is 43.4 Å². The Morgan fingerprint density at radius 2 is 1.64 bits per heavy atom. The number of carbonyl (C=O) groups is 2. The molecule has 1 fully saturated rings. The molecule has 1 aliphatic carbocycles. The molecule has 0 aromatic heterocycles. The Bertz CT molecular complexity index is 529. The number of hydrogen-bond donors (Lipinski definition) is 0. The van der Waals surface area contributed by atoms with Crippen molar-refractivity contribution >= 4 is 11.6 Å². The maximum Gasteiger partial charge on any atom is 0.573 e. The quantitative estimate of drug-likeness (QED) is 0.601. The van der Waals surface area contributed by atoms with E-state index in [0.717, 1.165) is 44.2 Å². The van der Waals surface area contributed by atoms with Crippen LogP contribution in [0.5, 0.6) is 5.75 Å². The van der Waals surface area contributed by atoms with Gasteiger partial charge in [0.2, 0.25) is 0 Å². The van der Waals surface area contributed by atoms with Crippen LogP contribution < -0.4 is 4.74 Å². The Morgan fingerprint density at radius 3 is 2.18 bits per heavy atom. The number of ketones is 2. The molecule has 0 saturated heterocycles. The number of rotatable bonds is 5. The Kier molecular flexibility index (Phi) is 5.21. The molecular weight excluding hydrogens is 297 g/mol. The normalized spacial score (nSPS) is 16.3. The Balaban J connectivity index is 1.93. The first kappa shape index (κ1) is 16.5. The van der Waals surface area contributed by atoms with Crippen LogP contribution in [0.15, 0.2) is 24.3 Å². The minimum absolute atomic E-state index is 0.0504. The summed E-state index contributed by atoms with van der Waals surface area (Å²) in [6.07, 6.45) is -0.165. The van der Waals surface area contributed by atoms with Gasteiger partial charge < -0.3 is 4.74 Å². The molecule has 1 aliphatic rings. The Hall–Kier alpha value is -1.85. The summed E-state index contributed by atoms with van der Waals surface area (Å²) in [5.74, 6) is -0.873. The van der Waals surface area contributed by atoms with E-state index in [9.17, 15) is 22.8 Å². The van der Waals surface area contributed by atoms with Gasteiger partial charge in [-0.25, -0.2) is 0 Å². The lowest BCUT2D eigenvalue weighted by molar-refractivity contribution is -0.274. The molecule has 2 rings (SSSR count). The summed E-state index contributed by atoms with van der Waals surface area (Å²) in [5, 5.41) is 0. The lowest BCUT2D eigenvalue weighted by Crippen LogP contribution is -2.20. The minimum atomic E-state index is -4.76. The smallest absolute Gasteiger partial charge is 0.406 e. The van der Waals surface area contributed by atoms with Crippen LogP contribution in [-0.4, -0.2) is 17.9 Å². The second kappa shape index (κ2) is 6.94. The molecule has 0 N–H and O–H groups in total. The molecule has 0 atom stereocenters. The van der Waals surface area contributed by atoms with Gasteiger partial charge in [0.25, 0.3) is 0 Å². The van der Waals surface area contributed by atoms with Crippen molar-refractivity contribution in [2.75, 3.05) is 0 Å². The number of Topliss-reactive ketones (excluding diaryl/α,β-unsaturated/α-hetero) is 2. The highest BCUT2D eigenvalue weighted by molar-refractivity contribution is 6.08. The van der Waals surface area contributed by atoms with Gasteiger partial charge in [-0.3, -0.25) is 9.59 Å². The molecule has 120 valence electrons. The van der Waals surface area contributed by atoms with E-state index in [0.29, 0.717) is 0 Å². The zero-order valence-electron chi connectivity index (χ0n) is 12.0. The first-order valence-electron chi connectivity index (χ1n) is 7.27. The average Bonchev–Trinajstić information content (AvgIpc) is 2.47. The highest BCUT2D eigenvalue weighted by Gasteiger charge is 2.31. The van der Waals surface area contributed by atoms with Gasteiger partial charge >= 0.3 is 6.36 Å². The fourth-order valence-electron chi connectivity index (χ4n) is 2.67. The number of ether oxygens (including phenoxy) is 1. The zero-order valence-corrected chi connectivity index (χ0v) is 12.0. The summed E-state index contributed by atoms with van der Waals surface area (Å²) in [4.78, 5) is 24.1. The van der Waals surface area contributed by atoms with Crippen LogP contribution in [0.4, 0.5) is 13.2 Å². The van der Waals surface area contributed by atoms with Gasteiger partial charge in [0.1, 0.15) is 11.5 Å². The average molecular weight is 314 g/mol. The predicted molar refractivity (Wildman–Crippen MR) is 73.7 cm³/mol.